The molecule has 1 fully saturated rings. The van der Waals surface area contributed by atoms with Crippen molar-refractivity contribution in [2.24, 2.45) is 11.7 Å². The SMILES string of the molecule is CCC1CCCN(c2nc(CN)cc3ccccc23)C1. The van der Waals surface area contributed by atoms with Crippen molar-refractivity contribution in [1.82, 2.24) is 4.98 Å². The molecular formula is C17H23N3. The molecule has 1 aromatic carbocycles. The van der Waals surface area contributed by atoms with Crippen molar-refractivity contribution < 1.29 is 0 Å². The second-order valence-electron chi connectivity index (χ2n) is 5.72. The molecule has 3 nitrogen and oxygen atoms in total. The number of rotatable bonds is 3. The van der Waals surface area contributed by atoms with E-state index in [1.165, 1.54) is 30.0 Å². The van der Waals surface area contributed by atoms with Crippen LogP contribution in [0.15, 0.2) is 30.3 Å². The van der Waals surface area contributed by atoms with Crippen molar-refractivity contribution in [3.8, 4) is 0 Å². The van der Waals surface area contributed by atoms with Crippen LogP contribution in [0.3, 0.4) is 0 Å². The highest BCUT2D eigenvalue weighted by molar-refractivity contribution is 5.92. The van der Waals surface area contributed by atoms with E-state index >= 15 is 0 Å². The summed E-state index contributed by atoms with van der Waals surface area (Å²) in [6.45, 7) is 5.03. The first-order valence-electron chi connectivity index (χ1n) is 7.65. The van der Waals surface area contributed by atoms with E-state index < -0.39 is 0 Å². The van der Waals surface area contributed by atoms with Crippen molar-refractivity contribution in [3.63, 3.8) is 0 Å². The zero-order valence-electron chi connectivity index (χ0n) is 12.2. The molecule has 0 amide bonds. The Labute approximate surface area is 120 Å². The Morgan fingerprint density at radius 3 is 3.00 bits per heavy atom. The van der Waals surface area contributed by atoms with Gasteiger partial charge in [0.05, 0.1) is 5.69 Å². The number of nitrogens with two attached hydrogens (primary N) is 1. The summed E-state index contributed by atoms with van der Waals surface area (Å²) in [7, 11) is 0. The molecule has 1 aromatic heterocycles. The predicted octanol–water partition coefficient (Wildman–Crippen LogP) is 3.32. The Kier molecular flexibility index (Phi) is 3.88. The number of pyridine rings is 1. The van der Waals surface area contributed by atoms with E-state index in [4.69, 9.17) is 10.7 Å². The van der Waals surface area contributed by atoms with Gasteiger partial charge in [0.2, 0.25) is 0 Å². The van der Waals surface area contributed by atoms with Gasteiger partial charge in [-0.15, -0.1) is 0 Å². The van der Waals surface area contributed by atoms with Crippen LogP contribution in [0.2, 0.25) is 0 Å². The van der Waals surface area contributed by atoms with Gasteiger partial charge in [0.15, 0.2) is 0 Å². The lowest BCUT2D eigenvalue weighted by molar-refractivity contribution is 0.403. The predicted molar refractivity (Wildman–Crippen MR) is 84.9 cm³/mol. The molecule has 0 bridgehead atoms. The number of anilines is 1. The minimum Gasteiger partial charge on any atom is -0.356 e. The van der Waals surface area contributed by atoms with Crippen LogP contribution in [0.1, 0.15) is 31.9 Å². The molecule has 0 spiro atoms. The Bertz CT molecular complexity index is 594. The van der Waals surface area contributed by atoms with Crippen LogP contribution in [0.4, 0.5) is 5.82 Å². The molecule has 106 valence electrons. The van der Waals surface area contributed by atoms with E-state index in [9.17, 15) is 0 Å². The summed E-state index contributed by atoms with van der Waals surface area (Å²) in [4.78, 5) is 7.27. The fourth-order valence-corrected chi connectivity index (χ4v) is 3.17. The van der Waals surface area contributed by atoms with Crippen LogP contribution in [-0.4, -0.2) is 18.1 Å². The molecule has 1 unspecified atom stereocenters. The first-order valence-corrected chi connectivity index (χ1v) is 7.65. The fourth-order valence-electron chi connectivity index (χ4n) is 3.17. The zero-order chi connectivity index (χ0) is 13.9. The second kappa shape index (κ2) is 5.80. The van der Waals surface area contributed by atoms with E-state index in [0.717, 1.165) is 30.5 Å². The molecule has 0 aliphatic carbocycles. The van der Waals surface area contributed by atoms with Crippen LogP contribution in [0, 0.1) is 5.92 Å². The van der Waals surface area contributed by atoms with Gasteiger partial charge >= 0.3 is 0 Å². The van der Waals surface area contributed by atoms with Gasteiger partial charge in [0.25, 0.3) is 0 Å². The Morgan fingerprint density at radius 2 is 2.20 bits per heavy atom. The topological polar surface area (TPSA) is 42.2 Å². The molecule has 1 aliphatic heterocycles. The van der Waals surface area contributed by atoms with Crippen molar-refractivity contribution in [2.75, 3.05) is 18.0 Å². The van der Waals surface area contributed by atoms with Gasteiger partial charge in [-0.25, -0.2) is 4.98 Å². The molecule has 0 radical (unpaired) electrons. The van der Waals surface area contributed by atoms with Crippen molar-refractivity contribution in [3.05, 3.63) is 36.0 Å². The molecule has 20 heavy (non-hydrogen) atoms. The molecular weight excluding hydrogens is 246 g/mol. The number of benzene rings is 1. The number of aromatic nitrogens is 1. The average Bonchev–Trinajstić information content (AvgIpc) is 2.53. The van der Waals surface area contributed by atoms with Gasteiger partial charge in [-0.05, 0) is 30.2 Å². The third-order valence-electron chi connectivity index (χ3n) is 4.38. The van der Waals surface area contributed by atoms with Crippen LogP contribution in [0.25, 0.3) is 10.8 Å². The largest absolute Gasteiger partial charge is 0.356 e. The van der Waals surface area contributed by atoms with Crippen LogP contribution < -0.4 is 10.6 Å². The summed E-state index contributed by atoms with van der Waals surface area (Å²) in [5.41, 5.74) is 6.80. The maximum absolute atomic E-state index is 5.81. The summed E-state index contributed by atoms with van der Waals surface area (Å²) < 4.78 is 0. The number of hydrogen-bond donors (Lipinski definition) is 1. The zero-order valence-corrected chi connectivity index (χ0v) is 12.2. The van der Waals surface area contributed by atoms with Crippen molar-refractivity contribution >= 4 is 16.6 Å². The lowest BCUT2D eigenvalue weighted by atomic mass is 9.95. The summed E-state index contributed by atoms with van der Waals surface area (Å²) in [5, 5.41) is 2.50. The maximum Gasteiger partial charge on any atom is 0.136 e. The van der Waals surface area contributed by atoms with Gasteiger partial charge in [-0.3, -0.25) is 0 Å². The quantitative estimate of drug-likeness (QED) is 0.929. The minimum atomic E-state index is 0.503. The lowest BCUT2D eigenvalue weighted by Gasteiger charge is -2.34. The highest BCUT2D eigenvalue weighted by Gasteiger charge is 2.21. The molecule has 2 N–H and O–H groups in total. The molecule has 2 heterocycles. The third kappa shape index (κ3) is 2.50. The van der Waals surface area contributed by atoms with E-state index in [0.29, 0.717) is 6.54 Å². The summed E-state index contributed by atoms with van der Waals surface area (Å²) in [6, 6.07) is 10.6. The highest BCUT2D eigenvalue weighted by atomic mass is 15.2. The van der Waals surface area contributed by atoms with Crippen LogP contribution in [-0.2, 0) is 6.54 Å². The van der Waals surface area contributed by atoms with Crippen LogP contribution in [0.5, 0.6) is 0 Å². The van der Waals surface area contributed by atoms with Gasteiger partial charge in [0, 0.05) is 25.0 Å². The number of nitrogens with zero attached hydrogens (tertiary/aromatic N) is 2. The Morgan fingerprint density at radius 1 is 1.35 bits per heavy atom. The van der Waals surface area contributed by atoms with E-state index in [-0.39, 0.29) is 0 Å². The standard InChI is InChI=1S/C17H23N3/c1-2-13-6-5-9-20(12-13)17-16-8-4-3-7-14(16)10-15(11-18)19-17/h3-4,7-8,10,13H,2,5-6,9,11-12,18H2,1H3. The van der Waals surface area contributed by atoms with Crippen molar-refractivity contribution in [1.29, 1.82) is 0 Å². The molecule has 3 rings (SSSR count). The number of piperidine rings is 1. The van der Waals surface area contributed by atoms with Crippen molar-refractivity contribution in [2.45, 2.75) is 32.7 Å². The first kappa shape index (κ1) is 13.4. The van der Waals surface area contributed by atoms with E-state index in [1.807, 2.05) is 0 Å². The normalized spacial score (nSPS) is 19.5. The minimum absolute atomic E-state index is 0.503. The molecule has 1 saturated heterocycles. The van der Waals surface area contributed by atoms with Gasteiger partial charge in [-0.1, -0.05) is 37.6 Å². The Hall–Kier alpha value is -1.61. The molecule has 3 heteroatoms. The first-order chi connectivity index (χ1) is 9.81. The highest BCUT2D eigenvalue weighted by Crippen LogP contribution is 2.30. The Balaban J connectivity index is 2.04. The molecule has 2 aromatic rings. The third-order valence-corrected chi connectivity index (χ3v) is 4.38. The average molecular weight is 269 g/mol. The van der Waals surface area contributed by atoms with Gasteiger partial charge < -0.3 is 10.6 Å². The van der Waals surface area contributed by atoms with Gasteiger partial charge in [-0.2, -0.15) is 0 Å². The smallest absolute Gasteiger partial charge is 0.136 e. The van der Waals surface area contributed by atoms with E-state index in [1.54, 1.807) is 0 Å². The maximum atomic E-state index is 5.81. The van der Waals surface area contributed by atoms with E-state index in [2.05, 4.69) is 42.2 Å². The summed E-state index contributed by atoms with van der Waals surface area (Å²) in [5.74, 6) is 1.92. The second-order valence-corrected chi connectivity index (χ2v) is 5.72. The molecule has 1 atom stereocenters. The molecule has 0 saturated carbocycles. The molecule has 1 aliphatic rings. The van der Waals surface area contributed by atoms with Crippen LogP contribution >= 0.6 is 0 Å². The monoisotopic (exact) mass is 269 g/mol. The number of hydrogen-bond acceptors (Lipinski definition) is 3. The summed E-state index contributed by atoms with van der Waals surface area (Å²) in [6.07, 6.45) is 3.87. The van der Waals surface area contributed by atoms with Gasteiger partial charge in [0.1, 0.15) is 5.82 Å². The summed E-state index contributed by atoms with van der Waals surface area (Å²) >= 11 is 0. The number of fused-ring (bicyclic) bond motifs is 1. The lowest BCUT2D eigenvalue weighted by Crippen LogP contribution is -2.36. The fraction of sp³-hybridized carbons (Fsp3) is 0.471.